The molecule has 0 amide bonds. The first-order chi connectivity index (χ1) is 18.0. The molecule has 0 aromatic carbocycles. The second-order valence-corrected chi connectivity index (χ2v) is 14.7. The van der Waals surface area contributed by atoms with Crippen LogP contribution in [-0.4, -0.2) is 34.1 Å². The van der Waals surface area contributed by atoms with Crippen LogP contribution in [0, 0.1) is 36.0 Å². The van der Waals surface area contributed by atoms with Crippen molar-refractivity contribution in [3.05, 3.63) is 57.3 Å². The number of hydrogen-bond acceptors (Lipinski definition) is 4. The summed E-state index contributed by atoms with van der Waals surface area (Å²) in [6.45, 7) is 16.1. The van der Waals surface area contributed by atoms with Crippen molar-refractivity contribution in [2.24, 2.45) is 29.1 Å². The Bertz CT molecular complexity index is 1030. The number of fused-ring (bicyclic) bond motifs is 1. The molecule has 1 aromatic rings. The lowest BCUT2D eigenvalue weighted by molar-refractivity contribution is 0.0860. The Morgan fingerprint density at radius 1 is 1.18 bits per heavy atom. The fraction of sp³-hybridized carbons (Fsp3) is 0.706. The van der Waals surface area contributed by atoms with Crippen LogP contribution in [0.1, 0.15) is 102 Å². The second-order valence-electron chi connectivity index (χ2n) is 13.4. The normalized spacial score (nSPS) is 34.6. The zero-order valence-corrected chi connectivity index (χ0v) is 25.3. The zero-order chi connectivity index (χ0) is 27.7. The van der Waals surface area contributed by atoms with Gasteiger partial charge < -0.3 is 15.3 Å². The Morgan fingerprint density at radius 3 is 2.61 bits per heavy atom. The molecule has 0 radical (unpaired) electrons. The third-order valence-corrected chi connectivity index (χ3v) is 12.1. The molecule has 3 aliphatic rings. The molecule has 3 saturated carbocycles. The van der Waals surface area contributed by atoms with Crippen LogP contribution in [0.3, 0.4) is 0 Å². The van der Waals surface area contributed by atoms with E-state index in [0.29, 0.717) is 36.0 Å². The number of aryl methyl sites for hydroxylation is 1. The SMILES string of the molecule is C=C1/C(=C/C=C2/CCC[C@@]3(C)C2CC[C@@H]3C(C)CCC[C@@](CO)(c2ccc(C)s2)C(C)C)C[C@@H](O)C[C@@H]1O. The maximum absolute atomic E-state index is 10.6. The minimum atomic E-state index is -0.624. The summed E-state index contributed by atoms with van der Waals surface area (Å²) in [7, 11) is 0. The van der Waals surface area contributed by atoms with Crippen molar-refractivity contribution in [3.63, 3.8) is 0 Å². The lowest BCUT2D eigenvalue weighted by Gasteiger charge is -2.44. The Labute approximate surface area is 235 Å². The highest BCUT2D eigenvalue weighted by molar-refractivity contribution is 7.12. The largest absolute Gasteiger partial charge is 0.395 e. The van der Waals surface area contributed by atoms with Crippen molar-refractivity contribution in [1.29, 1.82) is 0 Å². The Morgan fingerprint density at radius 2 is 1.95 bits per heavy atom. The summed E-state index contributed by atoms with van der Waals surface area (Å²) in [6.07, 6.45) is 14.1. The average molecular weight is 541 g/mol. The van der Waals surface area contributed by atoms with Crippen molar-refractivity contribution >= 4 is 11.3 Å². The maximum atomic E-state index is 10.6. The van der Waals surface area contributed by atoms with Crippen LogP contribution in [0.2, 0.25) is 0 Å². The van der Waals surface area contributed by atoms with Crippen LogP contribution in [0.5, 0.6) is 0 Å². The highest BCUT2D eigenvalue weighted by atomic mass is 32.1. The van der Waals surface area contributed by atoms with Crippen LogP contribution >= 0.6 is 11.3 Å². The minimum absolute atomic E-state index is 0.126. The van der Waals surface area contributed by atoms with Gasteiger partial charge in [-0.3, -0.25) is 0 Å². The van der Waals surface area contributed by atoms with E-state index >= 15 is 0 Å². The van der Waals surface area contributed by atoms with Crippen molar-refractivity contribution in [1.82, 2.24) is 0 Å². The molecule has 38 heavy (non-hydrogen) atoms. The smallest absolute Gasteiger partial charge is 0.0811 e. The number of hydrogen-bond donors (Lipinski definition) is 3. The molecule has 4 rings (SSSR count). The van der Waals surface area contributed by atoms with E-state index in [4.69, 9.17) is 0 Å². The fourth-order valence-electron chi connectivity index (χ4n) is 8.36. The highest BCUT2D eigenvalue weighted by Crippen LogP contribution is 2.60. The summed E-state index contributed by atoms with van der Waals surface area (Å²) in [5.41, 5.74) is 3.58. The standard InChI is InChI=1S/C34H52O3S/c1-22(2)34(21-35,32-16-11-24(4)38-32)18-7-9-23(3)29-14-15-30-26(10-8-17-33(29,30)6)12-13-27-19-28(36)20-31(37)25(27)5/h11-13,16,22-23,28-31,35-37H,5,7-10,14-15,17-21H2,1-4,6H3/b26-12-,27-13+/t23?,28-,29-,30?,31+,33-,34+/m1/s1. The summed E-state index contributed by atoms with van der Waals surface area (Å²) >= 11 is 1.86. The molecular formula is C34H52O3S. The number of allylic oxidation sites excluding steroid dienone is 3. The van der Waals surface area contributed by atoms with E-state index in [2.05, 4.69) is 65.5 Å². The fourth-order valence-corrected chi connectivity index (χ4v) is 9.58. The molecule has 7 atom stereocenters. The van der Waals surface area contributed by atoms with Crippen molar-refractivity contribution < 1.29 is 15.3 Å². The van der Waals surface area contributed by atoms with Gasteiger partial charge in [-0.15, -0.1) is 11.3 Å². The second kappa shape index (κ2) is 12.1. The molecule has 1 heterocycles. The predicted octanol–water partition coefficient (Wildman–Crippen LogP) is 7.89. The molecular weight excluding hydrogens is 488 g/mol. The molecule has 3 fully saturated rings. The number of rotatable bonds is 9. The molecule has 0 saturated heterocycles. The van der Waals surface area contributed by atoms with Gasteiger partial charge in [0.2, 0.25) is 0 Å². The van der Waals surface area contributed by atoms with Gasteiger partial charge >= 0.3 is 0 Å². The van der Waals surface area contributed by atoms with Crippen LogP contribution in [-0.2, 0) is 5.41 Å². The van der Waals surface area contributed by atoms with Crippen molar-refractivity contribution in [2.75, 3.05) is 6.61 Å². The number of aliphatic hydroxyl groups is 3. The molecule has 0 spiro atoms. The summed E-state index contributed by atoms with van der Waals surface area (Å²) in [6, 6.07) is 4.45. The summed E-state index contributed by atoms with van der Waals surface area (Å²) < 4.78 is 0. The van der Waals surface area contributed by atoms with E-state index in [-0.39, 0.29) is 12.0 Å². The Balaban J connectivity index is 1.43. The maximum Gasteiger partial charge on any atom is 0.0811 e. The molecule has 2 unspecified atom stereocenters. The van der Waals surface area contributed by atoms with Gasteiger partial charge in [-0.25, -0.2) is 0 Å². The first-order valence-electron chi connectivity index (χ1n) is 15.1. The number of aliphatic hydroxyl groups excluding tert-OH is 3. The third-order valence-electron chi connectivity index (χ3n) is 10.9. The van der Waals surface area contributed by atoms with E-state index in [1.54, 1.807) is 5.57 Å². The third kappa shape index (κ3) is 5.80. The molecule has 3 nitrogen and oxygen atoms in total. The molecule has 0 bridgehead atoms. The molecule has 1 aromatic heterocycles. The first kappa shape index (κ1) is 29.8. The predicted molar refractivity (Wildman–Crippen MR) is 160 cm³/mol. The zero-order valence-electron chi connectivity index (χ0n) is 24.5. The van der Waals surface area contributed by atoms with E-state index < -0.39 is 12.2 Å². The average Bonchev–Trinajstić information content (AvgIpc) is 3.46. The van der Waals surface area contributed by atoms with Crippen LogP contribution in [0.25, 0.3) is 0 Å². The van der Waals surface area contributed by atoms with Crippen LogP contribution < -0.4 is 0 Å². The van der Waals surface area contributed by atoms with E-state index in [1.807, 2.05) is 11.3 Å². The van der Waals surface area contributed by atoms with Gasteiger partial charge in [0.05, 0.1) is 18.8 Å². The van der Waals surface area contributed by atoms with Crippen LogP contribution in [0.4, 0.5) is 0 Å². The molecule has 4 heteroatoms. The summed E-state index contributed by atoms with van der Waals surface area (Å²) in [5.74, 6) is 2.47. The van der Waals surface area contributed by atoms with Crippen LogP contribution in [0.15, 0.2) is 47.6 Å². The number of thiophene rings is 1. The molecule has 3 aliphatic carbocycles. The van der Waals surface area contributed by atoms with E-state index in [1.165, 1.54) is 41.9 Å². The van der Waals surface area contributed by atoms with Crippen molar-refractivity contribution in [2.45, 2.75) is 116 Å². The van der Waals surface area contributed by atoms with Crippen molar-refractivity contribution in [3.8, 4) is 0 Å². The lowest BCUT2D eigenvalue weighted by atomic mass is 9.60. The quantitative estimate of drug-likeness (QED) is 0.298. The lowest BCUT2D eigenvalue weighted by Crippen LogP contribution is -2.37. The first-order valence-corrected chi connectivity index (χ1v) is 16.0. The van der Waals surface area contributed by atoms with Gasteiger partial charge in [-0.1, -0.05) is 64.8 Å². The Kier molecular flexibility index (Phi) is 9.50. The molecule has 0 aliphatic heterocycles. The van der Waals surface area contributed by atoms with Gasteiger partial charge in [-0.05, 0) is 104 Å². The summed E-state index contributed by atoms with van der Waals surface area (Å²) in [4.78, 5) is 2.68. The summed E-state index contributed by atoms with van der Waals surface area (Å²) in [5, 5.41) is 31.0. The monoisotopic (exact) mass is 540 g/mol. The molecule has 3 N–H and O–H groups in total. The Hall–Kier alpha value is -1.20. The van der Waals surface area contributed by atoms with Gasteiger partial charge in [0.1, 0.15) is 0 Å². The van der Waals surface area contributed by atoms with E-state index in [0.717, 1.165) is 36.3 Å². The minimum Gasteiger partial charge on any atom is -0.395 e. The highest BCUT2D eigenvalue weighted by Gasteiger charge is 2.50. The van der Waals surface area contributed by atoms with Gasteiger partial charge in [0.15, 0.2) is 0 Å². The topological polar surface area (TPSA) is 60.7 Å². The molecule has 212 valence electrons. The van der Waals surface area contributed by atoms with Gasteiger partial charge in [0, 0.05) is 21.6 Å². The van der Waals surface area contributed by atoms with Gasteiger partial charge in [0.25, 0.3) is 0 Å². The van der Waals surface area contributed by atoms with E-state index in [9.17, 15) is 15.3 Å². The van der Waals surface area contributed by atoms with Gasteiger partial charge in [-0.2, -0.15) is 0 Å².